The van der Waals surface area contributed by atoms with Gasteiger partial charge < -0.3 is 10.5 Å². The Labute approximate surface area is 117 Å². The summed E-state index contributed by atoms with van der Waals surface area (Å²) in [6.45, 7) is -1.83. The Bertz CT molecular complexity index is 444. The molecule has 20 heavy (non-hydrogen) atoms. The third kappa shape index (κ3) is 5.22. The van der Waals surface area contributed by atoms with Gasteiger partial charge in [0.05, 0.1) is 6.61 Å². The van der Waals surface area contributed by atoms with Crippen molar-refractivity contribution in [3.05, 3.63) is 34.6 Å². The molecule has 1 unspecified atom stereocenters. The van der Waals surface area contributed by atoms with E-state index < -0.39 is 37.4 Å². The van der Waals surface area contributed by atoms with Crippen LogP contribution in [0.5, 0.6) is 0 Å². The number of nitrogens with two attached hydrogens (primary N) is 1. The van der Waals surface area contributed by atoms with E-state index in [4.69, 9.17) is 17.3 Å². The summed E-state index contributed by atoms with van der Waals surface area (Å²) >= 11 is 5.68. The van der Waals surface area contributed by atoms with Gasteiger partial charge in [0, 0.05) is 11.1 Å². The van der Waals surface area contributed by atoms with E-state index >= 15 is 0 Å². The van der Waals surface area contributed by atoms with Crippen LogP contribution in [-0.4, -0.2) is 31.6 Å². The van der Waals surface area contributed by atoms with Gasteiger partial charge in [0.15, 0.2) is 0 Å². The molecule has 1 aromatic rings. The monoisotopic (exact) mass is 317 g/mol. The predicted molar refractivity (Wildman–Crippen MR) is 64.9 cm³/mol. The Morgan fingerprint density at radius 2 is 1.95 bits per heavy atom. The van der Waals surface area contributed by atoms with E-state index in [2.05, 4.69) is 4.74 Å². The molecule has 0 aromatic heterocycles. The van der Waals surface area contributed by atoms with E-state index in [1.54, 1.807) is 0 Å². The minimum absolute atomic E-state index is 0.00730. The van der Waals surface area contributed by atoms with Gasteiger partial charge in [-0.05, 0) is 30.2 Å². The smallest absolute Gasteiger partial charge is 0.330 e. The topological polar surface area (TPSA) is 35.2 Å². The Hall–Kier alpha value is -0.920. The molecular formula is C12H13ClF5NO. The van der Waals surface area contributed by atoms with Crippen LogP contribution in [0, 0.1) is 5.82 Å². The van der Waals surface area contributed by atoms with E-state index in [1.807, 2.05) is 0 Å². The molecule has 8 heteroatoms. The number of ether oxygens (including phenoxy) is 1. The second-order valence-electron chi connectivity index (χ2n) is 4.28. The van der Waals surface area contributed by atoms with Crippen molar-refractivity contribution in [1.82, 2.24) is 0 Å². The van der Waals surface area contributed by atoms with Crippen LogP contribution >= 0.6 is 11.6 Å². The molecule has 0 saturated carbocycles. The standard InChI is InChI=1S/C12H13ClF5NO/c13-8-1-2-10(14)7(3-8)4-9(19)5-20-6-12(17,18)11(15)16/h1-3,9,11H,4-6,19H2. The molecule has 0 bridgehead atoms. The van der Waals surface area contributed by atoms with Gasteiger partial charge in [-0.25, -0.2) is 13.2 Å². The van der Waals surface area contributed by atoms with Crippen molar-refractivity contribution in [2.45, 2.75) is 24.8 Å². The van der Waals surface area contributed by atoms with Gasteiger partial charge in [-0.3, -0.25) is 0 Å². The summed E-state index contributed by atoms with van der Waals surface area (Å²) in [6.07, 6.45) is -3.81. The summed E-state index contributed by atoms with van der Waals surface area (Å²) in [5.74, 6) is -4.76. The summed E-state index contributed by atoms with van der Waals surface area (Å²) in [4.78, 5) is 0. The van der Waals surface area contributed by atoms with Crippen LogP contribution in [0.1, 0.15) is 5.56 Å². The summed E-state index contributed by atoms with van der Waals surface area (Å²) in [5, 5.41) is 0.304. The van der Waals surface area contributed by atoms with E-state index in [-0.39, 0.29) is 12.0 Å². The largest absolute Gasteiger partial charge is 0.373 e. The zero-order valence-corrected chi connectivity index (χ0v) is 11.0. The van der Waals surface area contributed by atoms with Crippen molar-refractivity contribution in [3.63, 3.8) is 0 Å². The molecule has 0 aliphatic heterocycles. The molecule has 1 aromatic carbocycles. The molecule has 0 saturated heterocycles. The van der Waals surface area contributed by atoms with E-state index in [1.165, 1.54) is 12.1 Å². The quantitative estimate of drug-likeness (QED) is 0.783. The van der Waals surface area contributed by atoms with E-state index in [9.17, 15) is 22.0 Å². The fourth-order valence-corrected chi connectivity index (χ4v) is 1.65. The fraction of sp³-hybridized carbons (Fsp3) is 0.500. The number of rotatable bonds is 7. The SMILES string of the molecule is NC(COCC(F)(F)C(F)F)Cc1cc(Cl)ccc1F. The lowest BCUT2D eigenvalue weighted by Gasteiger charge is -2.17. The van der Waals surface area contributed by atoms with Crippen molar-refractivity contribution in [2.75, 3.05) is 13.2 Å². The highest BCUT2D eigenvalue weighted by Crippen LogP contribution is 2.23. The normalized spacial score (nSPS) is 13.8. The van der Waals surface area contributed by atoms with Crippen LogP contribution in [0.3, 0.4) is 0 Å². The first-order valence-corrected chi connectivity index (χ1v) is 6.03. The first-order valence-electron chi connectivity index (χ1n) is 5.65. The molecule has 0 amide bonds. The van der Waals surface area contributed by atoms with Gasteiger partial charge in [-0.2, -0.15) is 8.78 Å². The number of benzene rings is 1. The van der Waals surface area contributed by atoms with Gasteiger partial charge in [0.1, 0.15) is 12.4 Å². The van der Waals surface area contributed by atoms with E-state index in [0.29, 0.717) is 5.02 Å². The summed E-state index contributed by atoms with van der Waals surface area (Å²) in [5.41, 5.74) is 5.77. The first kappa shape index (κ1) is 17.1. The van der Waals surface area contributed by atoms with E-state index in [0.717, 1.165) is 6.07 Å². The molecule has 1 atom stereocenters. The van der Waals surface area contributed by atoms with Crippen LogP contribution in [-0.2, 0) is 11.2 Å². The molecule has 0 aliphatic carbocycles. The maximum Gasteiger partial charge on any atom is 0.330 e. The number of hydrogen-bond acceptors (Lipinski definition) is 2. The fourth-order valence-electron chi connectivity index (χ4n) is 1.45. The molecule has 1 rings (SSSR count). The van der Waals surface area contributed by atoms with Crippen LogP contribution in [0.25, 0.3) is 0 Å². The lowest BCUT2D eigenvalue weighted by Crippen LogP contribution is -2.36. The zero-order valence-electron chi connectivity index (χ0n) is 10.3. The molecular weight excluding hydrogens is 305 g/mol. The van der Waals surface area contributed by atoms with Crippen LogP contribution in [0.4, 0.5) is 22.0 Å². The Morgan fingerprint density at radius 1 is 1.30 bits per heavy atom. The second kappa shape index (κ2) is 7.19. The Morgan fingerprint density at radius 3 is 2.55 bits per heavy atom. The molecule has 0 aliphatic rings. The van der Waals surface area contributed by atoms with Gasteiger partial charge in [0.25, 0.3) is 0 Å². The molecule has 0 heterocycles. The van der Waals surface area contributed by atoms with Crippen LogP contribution in [0.15, 0.2) is 18.2 Å². The lowest BCUT2D eigenvalue weighted by molar-refractivity contribution is -0.166. The van der Waals surface area contributed by atoms with Crippen molar-refractivity contribution < 1.29 is 26.7 Å². The minimum Gasteiger partial charge on any atom is -0.373 e. The van der Waals surface area contributed by atoms with Gasteiger partial charge in [-0.1, -0.05) is 11.6 Å². The lowest BCUT2D eigenvalue weighted by atomic mass is 10.1. The molecule has 0 radical (unpaired) electrons. The number of alkyl halides is 4. The molecule has 114 valence electrons. The van der Waals surface area contributed by atoms with Crippen LogP contribution in [0.2, 0.25) is 5.02 Å². The molecule has 0 spiro atoms. The highest BCUT2D eigenvalue weighted by Gasteiger charge is 2.41. The summed E-state index contributed by atoms with van der Waals surface area (Å²) < 4.78 is 66.6. The highest BCUT2D eigenvalue weighted by molar-refractivity contribution is 6.30. The summed E-state index contributed by atoms with van der Waals surface area (Å²) in [7, 11) is 0. The van der Waals surface area contributed by atoms with Gasteiger partial charge in [-0.15, -0.1) is 0 Å². The van der Waals surface area contributed by atoms with Gasteiger partial charge >= 0.3 is 12.3 Å². The average molecular weight is 318 g/mol. The Balaban J connectivity index is 2.44. The second-order valence-corrected chi connectivity index (χ2v) is 4.71. The summed E-state index contributed by atoms with van der Waals surface area (Å²) in [6, 6.07) is 3.04. The van der Waals surface area contributed by atoms with Crippen molar-refractivity contribution >= 4 is 11.6 Å². The van der Waals surface area contributed by atoms with Crippen LogP contribution < -0.4 is 5.73 Å². The van der Waals surface area contributed by atoms with Crippen molar-refractivity contribution in [1.29, 1.82) is 0 Å². The van der Waals surface area contributed by atoms with Crippen molar-refractivity contribution in [2.24, 2.45) is 5.73 Å². The van der Waals surface area contributed by atoms with Crippen molar-refractivity contribution in [3.8, 4) is 0 Å². The number of hydrogen-bond donors (Lipinski definition) is 1. The molecule has 2 N–H and O–H groups in total. The van der Waals surface area contributed by atoms with Gasteiger partial charge in [0.2, 0.25) is 0 Å². The highest BCUT2D eigenvalue weighted by atomic mass is 35.5. The minimum atomic E-state index is -4.22. The predicted octanol–water partition coefficient (Wildman–Crippen LogP) is 3.27. The maximum atomic E-state index is 13.4. The number of halogens is 6. The molecule has 2 nitrogen and oxygen atoms in total. The third-order valence-electron chi connectivity index (χ3n) is 2.44. The molecule has 0 fully saturated rings. The average Bonchev–Trinajstić information content (AvgIpc) is 2.33. The Kier molecular flexibility index (Phi) is 6.16. The first-order chi connectivity index (χ1) is 9.22. The third-order valence-corrected chi connectivity index (χ3v) is 2.67. The maximum absolute atomic E-state index is 13.4. The zero-order chi connectivity index (χ0) is 15.3.